The van der Waals surface area contributed by atoms with Crippen LogP contribution in [0.4, 0.5) is 22.7 Å². The topological polar surface area (TPSA) is 101 Å². The summed E-state index contributed by atoms with van der Waals surface area (Å²) in [4.78, 5) is 46.0. The lowest BCUT2D eigenvalue weighted by Crippen LogP contribution is -2.42. The maximum atomic E-state index is 14.3. The molecule has 2 atom stereocenters. The van der Waals surface area contributed by atoms with Gasteiger partial charge in [-0.15, -0.1) is 0 Å². The van der Waals surface area contributed by atoms with Crippen molar-refractivity contribution in [1.29, 1.82) is 0 Å². The van der Waals surface area contributed by atoms with Crippen molar-refractivity contribution < 1.29 is 24.6 Å². The van der Waals surface area contributed by atoms with Crippen LogP contribution in [0, 0.1) is 5.92 Å². The minimum absolute atomic E-state index is 0.0291. The molecule has 0 aromatic heterocycles. The summed E-state index contributed by atoms with van der Waals surface area (Å²) in [6, 6.07) is 35.5. The van der Waals surface area contributed by atoms with E-state index in [2.05, 4.69) is 0 Å². The number of fused-ring (bicyclic) bond motifs is 1. The largest absolute Gasteiger partial charge is 0.395 e. The van der Waals surface area contributed by atoms with Crippen molar-refractivity contribution in [2.75, 3.05) is 23.0 Å². The van der Waals surface area contributed by atoms with Crippen molar-refractivity contribution >= 4 is 51.2 Å². The molecule has 0 bridgehead atoms. The molecule has 8 heteroatoms. The second kappa shape index (κ2) is 12.6. The predicted molar refractivity (Wildman–Crippen MR) is 186 cm³/mol. The van der Waals surface area contributed by atoms with E-state index in [4.69, 9.17) is 0 Å². The quantitative estimate of drug-likeness (QED) is 0.168. The summed E-state index contributed by atoms with van der Waals surface area (Å²) in [5.74, 6) is -1.62. The van der Waals surface area contributed by atoms with Gasteiger partial charge in [0, 0.05) is 47.8 Å². The Labute approximate surface area is 278 Å². The van der Waals surface area contributed by atoms with Gasteiger partial charge in [-0.1, -0.05) is 91.9 Å². The summed E-state index contributed by atoms with van der Waals surface area (Å²) < 4.78 is 0. The molecular formula is C40H35N3O5. The third-order valence-corrected chi connectivity index (χ3v) is 9.31. The number of hydrogen-bond acceptors (Lipinski definition) is 5. The lowest BCUT2D eigenvalue weighted by Gasteiger charge is -2.28. The van der Waals surface area contributed by atoms with Gasteiger partial charge in [-0.25, -0.2) is 0 Å². The maximum absolute atomic E-state index is 14.3. The van der Waals surface area contributed by atoms with Crippen molar-refractivity contribution in [3.63, 3.8) is 0 Å². The molecule has 0 aliphatic carbocycles. The number of carbonyl (C=O) groups is 3. The van der Waals surface area contributed by atoms with Crippen molar-refractivity contribution in [2.24, 2.45) is 5.92 Å². The highest BCUT2D eigenvalue weighted by molar-refractivity contribution is 6.28. The van der Waals surface area contributed by atoms with Crippen LogP contribution in [0.15, 0.2) is 127 Å². The minimum Gasteiger partial charge on any atom is -0.395 e. The highest BCUT2D eigenvalue weighted by Crippen LogP contribution is 2.51. The fourth-order valence-electron chi connectivity index (χ4n) is 6.86. The number of amides is 3. The molecule has 2 heterocycles. The third kappa shape index (κ3) is 5.15. The molecule has 0 fully saturated rings. The molecule has 2 aliphatic rings. The normalized spacial score (nSPS) is 17.4. The molecule has 5 aromatic rings. The molecule has 0 saturated carbocycles. The van der Waals surface area contributed by atoms with E-state index in [-0.39, 0.29) is 31.4 Å². The molecule has 3 amide bonds. The van der Waals surface area contributed by atoms with Crippen molar-refractivity contribution in [3.8, 4) is 0 Å². The summed E-state index contributed by atoms with van der Waals surface area (Å²) in [6.45, 7) is 2.13. The lowest BCUT2D eigenvalue weighted by atomic mass is 9.82. The number of benzene rings is 5. The smallest absolute Gasteiger partial charge is 0.268 e. The number of nitrogens with zero attached hydrogens (tertiary/aromatic N) is 3. The molecule has 0 unspecified atom stereocenters. The zero-order valence-corrected chi connectivity index (χ0v) is 26.5. The first-order valence-electron chi connectivity index (χ1n) is 16.0. The average Bonchev–Trinajstić information content (AvgIpc) is 3.53. The van der Waals surface area contributed by atoms with Crippen LogP contribution in [0.3, 0.4) is 0 Å². The first-order chi connectivity index (χ1) is 23.3. The second-order valence-corrected chi connectivity index (χ2v) is 12.2. The Hall–Kier alpha value is -5.57. The van der Waals surface area contributed by atoms with Gasteiger partial charge in [-0.3, -0.25) is 24.2 Å². The van der Waals surface area contributed by atoms with Crippen molar-refractivity contribution in [3.05, 3.63) is 144 Å². The van der Waals surface area contributed by atoms with Gasteiger partial charge in [0.05, 0.1) is 23.5 Å². The van der Waals surface area contributed by atoms with Crippen LogP contribution in [0.2, 0.25) is 0 Å². The van der Waals surface area contributed by atoms with Gasteiger partial charge >= 0.3 is 0 Å². The summed E-state index contributed by atoms with van der Waals surface area (Å²) in [6.07, 6.45) is 3.39. The Morgan fingerprint density at radius 3 is 2.27 bits per heavy atom. The number of para-hydroxylation sites is 1. The number of rotatable bonds is 10. The van der Waals surface area contributed by atoms with Gasteiger partial charge in [0.1, 0.15) is 0 Å². The van der Waals surface area contributed by atoms with Crippen molar-refractivity contribution in [1.82, 2.24) is 4.90 Å². The molecule has 2 N–H and O–H groups in total. The SMILES string of the molecule is C[C@H](/C=C/CC(=O)N(CCO)Cc1ccccc1)[C@@]1(O)C(=O)N(c2ccccc2)c2ccc(N3C(=O)c4cccc5cccc3c45)cc21. The maximum Gasteiger partial charge on any atom is 0.268 e. The van der Waals surface area contributed by atoms with Gasteiger partial charge in [0.2, 0.25) is 5.91 Å². The summed E-state index contributed by atoms with van der Waals surface area (Å²) >= 11 is 0. The molecule has 2 aliphatic heterocycles. The third-order valence-electron chi connectivity index (χ3n) is 9.31. The van der Waals surface area contributed by atoms with E-state index >= 15 is 0 Å². The van der Waals surface area contributed by atoms with E-state index in [1.54, 1.807) is 47.1 Å². The van der Waals surface area contributed by atoms with Crippen molar-refractivity contribution in [2.45, 2.75) is 25.5 Å². The molecule has 240 valence electrons. The Morgan fingerprint density at radius 2 is 1.54 bits per heavy atom. The van der Waals surface area contributed by atoms with Crippen LogP contribution >= 0.6 is 0 Å². The molecule has 5 aromatic carbocycles. The lowest BCUT2D eigenvalue weighted by molar-refractivity contribution is -0.138. The molecule has 7 rings (SSSR count). The molecular weight excluding hydrogens is 602 g/mol. The van der Waals surface area contributed by atoms with Gasteiger partial charge in [0.15, 0.2) is 5.60 Å². The number of hydrogen-bond donors (Lipinski definition) is 2. The van der Waals surface area contributed by atoms with Crippen LogP contribution in [0.1, 0.15) is 34.8 Å². The fourth-order valence-corrected chi connectivity index (χ4v) is 6.86. The van der Waals surface area contributed by atoms with Crippen LogP contribution in [-0.2, 0) is 21.7 Å². The molecule has 48 heavy (non-hydrogen) atoms. The number of carbonyl (C=O) groups excluding carboxylic acids is 3. The zero-order valence-electron chi connectivity index (χ0n) is 26.5. The van der Waals surface area contributed by atoms with Crippen LogP contribution < -0.4 is 9.80 Å². The van der Waals surface area contributed by atoms with E-state index in [9.17, 15) is 24.6 Å². The highest BCUT2D eigenvalue weighted by Gasteiger charge is 2.53. The number of aliphatic hydroxyl groups is 2. The van der Waals surface area contributed by atoms with E-state index in [0.29, 0.717) is 34.7 Å². The number of aliphatic hydroxyl groups excluding tert-OH is 1. The predicted octanol–water partition coefficient (Wildman–Crippen LogP) is 6.60. The van der Waals surface area contributed by atoms with Crippen LogP contribution in [0.25, 0.3) is 10.8 Å². The van der Waals surface area contributed by atoms with Gasteiger partial charge < -0.3 is 15.1 Å². The molecule has 0 spiro atoms. The Balaban J connectivity index is 1.22. The number of anilines is 4. The monoisotopic (exact) mass is 637 g/mol. The minimum atomic E-state index is -1.99. The Bertz CT molecular complexity index is 2060. The van der Waals surface area contributed by atoms with Gasteiger partial charge in [-0.05, 0) is 53.4 Å². The van der Waals surface area contributed by atoms with Crippen LogP contribution in [-0.4, -0.2) is 46.0 Å². The molecule has 0 saturated heterocycles. The van der Waals surface area contributed by atoms with Crippen LogP contribution in [0.5, 0.6) is 0 Å². The molecule has 0 radical (unpaired) electrons. The summed E-state index contributed by atoms with van der Waals surface area (Å²) in [5.41, 5.74) is 2.35. The summed E-state index contributed by atoms with van der Waals surface area (Å²) in [7, 11) is 0. The average molecular weight is 638 g/mol. The second-order valence-electron chi connectivity index (χ2n) is 12.2. The fraction of sp³-hybridized carbons (Fsp3) is 0.175. The van der Waals surface area contributed by atoms with E-state index < -0.39 is 17.4 Å². The van der Waals surface area contributed by atoms with E-state index in [1.165, 1.54) is 4.90 Å². The van der Waals surface area contributed by atoms with E-state index in [1.807, 2.05) is 97.1 Å². The zero-order chi connectivity index (χ0) is 33.4. The van der Waals surface area contributed by atoms with Gasteiger partial charge in [0.25, 0.3) is 11.8 Å². The molecule has 8 nitrogen and oxygen atoms in total. The highest BCUT2D eigenvalue weighted by atomic mass is 16.3. The van der Waals surface area contributed by atoms with E-state index in [0.717, 1.165) is 22.0 Å². The summed E-state index contributed by atoms with van der Waals surface area (Å²) in [5, 5.41) is 23.9. The van der Waals surface area contributed by atoms with Gasteiger partial charge in [-0.2, -0.15) is 0 Å². The first kappa shape index (κ1) is 31.1. The standard InChI is InChI=1S/C40H35N3O5/c1-27(11-8-20-36(45)41(23-24-44)26-28-12-4-2-5-13-28)40(48)33-25-31(21-22-34(33)43(39(40)47)30-16-6-3-7-17-30)42-35-19-10-15-29-14-9-18-32(37(29)35)38(42)46/h2-19,21-22,25,27,44,48H,20,23-24,26H2,1H3/b11-8+/t27-,40+/m1/s1. The Kier molecular flexibility index (Phi) is 8.12. The Morgan fingerprint density at radius 1 is 0.833 bits per heavy atom. The first-order valence-corrected chi connectivity index (χ1v) is 16.0.